The van der Waals surface area contributed by atoms with Crippen LogP contribution in [0.5, 0.6) is 0 Å². The van der Waals surface area contributed by atoms with Crippen LogP contribution in [0.15, 0.2) is 35.8 Å². The average Bonchev–Trinajstić information content (AvgIpc) is 3.21. The maximum absolute atomic E-state index is 12.8. The van der Waals surface area contributed by atoms with Gasteiger partial charge in [-0.2, -0.15) is 0 Å². The Morgan fingerprint density at radius 2 is 2.07 bits per heavy atom. The molecule has 10 heteroatoms. The zero-order valence-corrected chi connectivity index (χ0v) is 16.9. The first-order valence-corrected chi connectivity index (χ1v) is 10.5. The minimum atomic E-state index is -0.418. The van der Waals surface area contributed by atoms with E-state index in [2.05, 4.69) is 26.0 Å². The summed E-state index contributed by atoms with van der Waals surface area (Å²) in [7, 11) is 0. The van der Waals surface area contributed by atoms with Crippen LogP contribution in [0.25, 0.3) is 10.6 Å². The average molecular weight is 424 g/mol. The van der Waals surface area contributed by atoms with Crippen LogP contribution in [0.3, 0.4) is 0 Å². The molecule has 1 saturated heterocycles. The number of carbonyl (C=O) groups is 1. The van der Waals surface area contributed by atoms with E-state index in [1.807, 2.05) is 0 Å². The molecule has 0 bridgehead atoms. The van der Waals surface area contributed by atoms with Crippen LogP contribution in [0, 0.1) is 0 Å². The number of ether oxygens (including phenoxy) is 1. The van der Waals surface area contributed by atoms with Gasteiger partial charge in [-0.05, 0) is 24.5 Å². The molecule has 1 fully saturated rings. The molecule has 5 rings (SSSR count). The summed E-state index contributed by atoms with van der Waals surface area (Å²) in [5.41, 5.74) is 6.86. The Morgan fingerprint density at radius 3 is 2.80 bits per heavy atom. The smallest absolute Gasteiger partial charge is 0.263 e. The number of amides is 1. The molecule has 1 spiro atoms. The van der Waals surface area contributed by atoms with Crippen molar-refractivity contribution in [1.82, 2.24) is 24.8 Å². The van der Waals surface area contributed by atoms with Gasteiger partial charge in [0, 0.05) is 30.6 Å². The van der Waals surface area contributed by atoms with E-state index in [0.717, 1.165) is 17.0 Å². The second-order valence-corrected chi connectivity index (χ2v) is 8.59. The first-order valence-electron chi connectivity index (χ1n) is 9.73. The number of nitrogens with zero attached hydrogens (tertiary/aromatic N) is 4. The zero-order chi connectivity index (χ0) is 20.7. The van der Waals surface area contributed by atoms with Crippen LogP contribution in [-0.2, 0) is 16.8 Å². The highest BCUT2D eigenvalue weighted by atomic mass is 32.1. The molecule has 5 heterocycles. The van der Waals surface area contributed by atoms with E-state index in [0.29, 0.717) is 38.4 Å². The molecule has 2 aliphatic rings. The highest BCUT2D eigenvalue weighted by Crippen LogP contribution is 2.46. The summed E-state index contributed by atoms with van der Waals surface area (Å²) < 4.78 is 6.29. The van der Waals surface area contributed by atoms with E-state index in [9.17, 15) is 9.59 Å². The molecule has 2 aliphatic heterocycles. The highest BCUT2D eigenvalue weighted by Gasteiger charge is 2.43. The normalized spacial score (nSPS) is 17.7. The fraction of sp³-hybridized carbons (Fsp3) is 0.350. The fourth-order valence-corrected chi connectivity index (χ4v) is 5.35. The van der Waals surface area contributed by atoms with Crippen molar-refractivity contribution in [2.24, 2.45) is 0 Å². The Balaban J connectivity index is 1.39. The number of H-pyrrole nitrogens is 1. The standard InChI is InChI=1S/C20H20N6O3S/c21-17-10-23-14(9-24-17)16-7-13-15(30-16)1-6-29-20(13)2-4-26(5-3-20)19(28)12-8-22-11-25-18(12)27/h7-11H,1-6H2,(H2,21,24)(H,22,25,27). The van der Waals surface area contributed by atoms with Crippen LogP contribution in [0.2, 0.25) is 0 Å². The summed E-state index contributed by atoms with van der Waals surface area (Å²) in [6.07, 6.45) is 8.05. The van der Waals surface area contributed by atoms with Crippen LogP contribution < -0.4 is 11.3 Å². The van der Waals surface area contributed by atoms with Crippen LogP contribution in [0.1, 0.15) is 33.6 Å². The molecule has 30 heavy (non-hydrogen) atoms. The van der Waals surface area contributed by atoms with E-state index < -0.39 is 11.2 Å². The third-order valence-electron chi connectivity index (χ3n) is 5.74. The van der Waals surface area contributed by atoms with Crippen molar-refractivity contribution in [3.63, 3.8) is 0 Å². The number of rotatable bonds is 2. The van der Waals surface area contributed by atoms with E-state index >= 15 is 0 Å². The third-order valence-corrected chi connectivity index (χ3v) is 6.96. The van der Waals surface area contributed by atoms with Crippen LogP contribution in [-0.4, -0.2) is 50.4 Å². The van der Waals surface area contributed by atoms with Gasteiger partial charge in [-0.25, -0.2) is 15.0 Å². The van der Waals surface area contributed by atoms with Gasteiger partial charge in [0.05, 0.1) is 41.5 Å². The van der Waals surface area contributed by atoms with Crippen molar-refractivity contribution in [3.05, 3.63) is 57.3 Å². The van der Waals surface area contributed by atoms with Gasteiger partial charge in [0.15, 0.2) is 0 Å². The van der Waals surface area contributed by atoms with Gasteiger partial charge < -0.3 is 20.4 Å². The summed E-state index contributed by atoms with van der Waals surface area (Å²) in [5, 5.41) is 0. The fourth-order valence-electron chi connectivity index (χ4n) is 4.16. The Labute approximate surface area is 176 Å². The Kier molecular flexibility index (Phi) is 4.59. The third kappa shape index (κ3) is 3.17. The van der Waals surface area contributed by atoms with Gasteiger partial charge in [0.25, 0.3) is 11.5 Å². The van der Waals surface area contributed by atoms with E-state index in [4.69, 9.17) is 10.5 Å². The molecule has 0 unspecified atom stereocenters. The van der Waals surface area contributed by atoms with Gasteiger partial charge in [0.1, 0.15) is 11.4 Å². The summed E-state index contributed by atoms with van der Waals surface area (Å²) in [6, 6.07) is 2.14. The largest absolute Gasteiger partial charge is 0.382 e. The molecule has 3 aromatic heterocycles. The molecule has 0 saturated carbocycles. The molecular formula is C20H20N6O3S. The van der Waals surface area contributed by atoms with E-state index in [-0.39, 0.29) is 11.5 Å². The lowest BCUT2D eigenvalue weighted by Gasteiger charge is -2.44. The first-order chi connectivity index (χ1) is 14.6. The molecule has 9 nitrogen and oxygen atoms in total. The minimum Gasteiger partial charge on any atom is -0.382 e. The lowest BCUT2D eigenvalue weighted by Crippen LogP contribution is -2.48. The Bertz CT molecular complexity index is 1150. The van der Waals surface area contributed by atoms with Crippen LogP contribution >= 0.6 is 11.3 Å². The lowest BCUT2D eigenvalue weighted by atomic mass is 9.82. The van der Waals surface area contributed by atoms with Gasteiger partial charge in [-0.3, -0.25) is 9.59 Å². The highest BCUT2D eigenvalue weighted by molar-refractivity contribution is 7.15. The molecule has 0 atom stereocenters. The van der Waals surface area contributed by atoms with E-state index in [1.165, 1.54) is 23.0 Å². The Morgan fingerprint density at radius 1 is 1.23 bits per heavy atom. The van der Waals surface area contributed by atoms with Crippen molar-refractivity contribution in [3.8, 4) is 10.6 Å². The monoisotopic (exact) mass is 424 g/mol. The lowest BCUT2D eigenvalue weighted by molar-refractivity contribution is -0.0926. The molecule has 1 amide bonds. The maximum Gasteiger partial charge on any atom is 0.263 e. The number of fused-ring (bicyclic) bond motifs is 2. The van der Waals surface area contributed by atoms with E-state index in [1.54, 1.807) is 28.6 Å². The molecule has 154 valence electrons. The molecule has 3 N–H and O–H groups in total. The number of thiophene rings is 1. The minimum absolute atomic E-state index is 0.0680. The predicted molar refractivity (Wildman–Crippen MR) is 111 cm³/mol. The molecule has 0 aliphatic carbocycles. The summed E-state index contributed by atoms with van der Waals surface area (Å²) in [6.45, 7) is 1.68. The number of hydrogen-bond donors (Lipinski definition) is 2. The number of nitrogens with two attached hydrogens (primary N) is 1. The number of nitrogens with one attached hydrogen (secondary N) is 1. The van der Waals surface area contributed by atoms with Gasteiger partial charge in [0.2, 0.25) is 0 Å². The number of likely N-dealkylation sites (tertiary alicyclic amines) is 1. The number of carbonyl (C=O) groups excluding carboxylic acids is 1. The maximum atomic E-state index is 12.8. The quantitative estimate of drug-likeness (QED) is 0.639. The van der Waals surface area contributed by atoms with Crippen molar-refractivity contribution < 1.29 is 9.53 Å². The summed E-state index contributed by atoms with van der Waals surface area (Å²) in [4.78, 5) is 43.6. The van der Waals surface area contributed by atoms with Gasteiger partial charge in [-0.15, -0.1) is 11.3 Å². The topological polar surface area (TPSA) is 127 Å². The number of aromatic amines is 1. The Hall–Kier alpha value is -3.11. The zero-order valence-electron chi connectivity index (χ0n) is 16.1. The summed E-state index contributed by atoms with van der Waals surface area (Å²) in [5.74, 6) is 0.0998. The number of anilines is 1. The number of nitrogen functional groups attached to an aromatic ring is 1. The second-order valence-electron chi connectivity index (χ2n) is 7.45. The number of aromatic nitrogens is 4. The predicted octanol–water partition coefficient (Wildman–Crippen LogP) is 1.57. The molecule has 0 aromatic carbocycles. The SMILES string of the molecule is Nc1cnc(-c2cc3c(s2)CCOC32CCN(C(=O)c3cnc[nH]c3=O)CC2)cn1. The molecule has 3 aromatic rings. The second kappa shape index (κ2) is 7.29. The summed E-state index contributed by atoms with van der Waals surface area (Å²) >= 11 is 1.71. The number of hydrogen-bond acceptors (Lipinski definition) is 8. The van der Waals surface area contributed by atoms with Gasteiger partial charge >= 0.3 is 0 Å². The molecular weight excluding hydrogens is 404 g/mol. The van der Waals surface area contributed by atoms with Gasteiger partial charge in [-0.1, -0.05) is 0 Å². The van der Waals surface area contributed by atoms with Crippen molar-refractivity contribution in [2.45, 2.75) is 24.9 Å². The molecule has 0 radical (unpaired) electrons. The first kappa shape index (κ1) is 18.9. The number of piperidine rings is 1. The van der Waals surface area contributed by atoms with Crippen molar-refractivity contribution in [1.29, 1.82) is 0 Å². The van der Waals surface area contributed by atoms with Crippen molar-refractivity contribution in [2.75, 3.05) is 25.4 Å². The van der Waals surface area contributed by atoms with Crippen molar-refractivity contribution >= 4 is 23.1 Å². The van der Waals surface area contributed by atoms with Crippen LogP contribution in [0.4, 0.5) is 5.82 Å².